The monoisotopic (exact) mass is 411 g/mol. The van der Waals surface area contributed by atoms with Crippen LogP contribution in [0, 0.1) is 6.92 Å². The first-order chi connectivity index (χ1) is 15.2. The minimum atomic E-state index is 0.0384. The first-order valence-electron chi connectivity index (χ1n) is 10.7. The molecule has 6 heteroatoms. The molecule has 1 aliphatic heterocycles. The van der Waals surface area contributed by atoms with E-state index in [4.69, 9.17) is 4.98 Å². The first kappa shape index (κ1) is 19.5. The van der Waals surface area contributed by atoms with Gasteiger partial charge >= 0.3 is 0 Å². The summed E-state index contributed by atoms with van der Waals surface area (Å²) in [7, 11) is 0. The molecule has 5 rings (SSSR count). The molecule has 2 N–H and O–H groups in total. The molecular weight excluding hydrogens is 386 g/mol. The third-order valence-electron chi connectivity index (χ3n) is 5.93. The number of piperazine rings is 1. The maximum atomic E-state index is 13.9. The Balaban J connectivity index is 1.55. The van der Waals surface area contributed by atoms with Crippen LogP contribution >= 0.6 is 0 Å². The molecular formula is C25H25N5O. The minimum Gasteiger partial charge on any atom is -0.333 e. The molecule has 1 atom stereocenters. The van der Waals surface area contributed by atoms with Crippen molar-refractivity contribution in [3.63, 3.8) is 0 Å². The molecule has 1 saturated heterocycles. The molecule has 3 heterocycles. The van der Waals surface area contributed by atoms with Crippen LogP contribution in [0.3, 0.4) is 0 Å². The number of rotatable bonds is 4. The molecule has 6 nitrogen and oxygen atoms in total. The van der Waals surface area contributed by atoms with E-state index >= 15 is 0 Å². The first-order valence-corrected chi connectivity index (χ1v) is 10.7. The Morgan fingerprint density at radius 3 is 2.61 bits per heavy atom. The summed E-state index contributed by atoms with van der Waals surface area (Å²) in [5.41, 5.74) is 5.07. The number of pyridine rings is 1. The maximum Gasteiger partial charge on any atom is 0.255 e. The number of hydrogen-bond donors (Lipinski definition) is 2. The smallest absolute Gasteiger partial charge is 0.255 e. The Morgan fingerprint density at radius 1 is 1.10 bits per heavy atom. The number of carbonyl (C=O) groups is 1. The summed E-state index contributed by atoms with van der Waals surface area (Å²) in [5, 5.41) is 11.6. The van der Waals surface area contributed by atoms with Crippen molar-refractivity contribution in [3.8, 4) is 11.3 Å². The van der Waals surface area contributed by atoms with Crippen LogP contribution in [-0.4, -0.2) is 51.7 Å². The second-order valence-corrected chi connectivity index (χ2v) is 8.01. The second-order valence-electron chi connectivity index (χ2n) is 8.01. The van der Waals surface area contributed by atoms with Crippen LogP contribution in [0.1, 0.15) is 21.6 Å². The van der Waals surface area contributed by atoms with Crippen molar-refractivity contribution >= 4 is 16.9 Å². The molecule has 0 radical (unpaired) electrons. The van der Waals surface area contributed by atoms with E-state index in [1.54, 1.807) is 0 Å². The van der Waals surface area contributed by atoms with Gasteiger partial charge in [0.05, 0.1) is 16.6 Å². The Morgan fingerprint density at radius 2 is 1.84 bits per heavy atom. The second kappa shape index (κ2) is 8.32. The van der Waals surface area contributed by atoms with E-state index in [-0.39, 0.29) is 11.9 Å². The number of aromatic nitrogens is 3. The highest BCUT2D eigenvalue weighted by atomic mass is 16.2. The van der Waals surface area contributed by atoms with Crippen LogP contribution in [0.2, 0.25) is 0 Å². The highest BCUT2D eigenvalue weighted by molar-refractivity contribution is 6.07. The number of amides is 1. The summed E-state index contributed by atoms with van der Waals surface area (Å²) < 4.78 is 0. The van der Waals surface area contributed by atoms with E-state index in [1.807, 2.05) is 66.4 Å². The van der Waals surface area contributed by atoms with E-state index < -0.39 is 0 Å². The number of fused-ring (bicyclic) bond motifs is 1. The third kappa shape index (κ3) is 3.82. The SMILES string of the molecule is Cc1[nH]nc2nc(-c3ccccc3)cc(C(=O)N3CCNC[C@H]3Cc3ccccc3)c12. The van der Waals surface area contributed by atoms with Gasteiger partial charge in [0.25, 0.3) is 5.91 Å². The fourth-order valence-corrected chi connectivity index (χ4v) is 4.35. The Bertz CT molecular complexity index is 1200. The molecule has 156 valence electrons. The normalized spacial score (nSPS) is 16.5. The van der Waals surface area contributed by atoms with Gasteiger partial charge in [-0.2, -0.15) is 5.10 Å². The lowest BCUT2D eigenvalue weighted by Gasteiger charge is -2.36. The lowest BCUT2D eigenvalue weighted by atomic mass is 10.00. The highest BCUT2D eigenvalue weighted by Gasteiger charge is 2.30. The zero-order valence-electron chi connectivity index (χ0n) is 17.5. The average Bonchev–Trinajstić information content (AvgIpc) is 3.20. The number of hydrogen-bond acceptors (Lipinski definition) is 4. The number of aromatic amines is 1. The zero-order valence-corrected chi connectivity index (χ0v) is 17.5. The lowest BCUT2D eigenvalue weighted by molar-refractivity contribution is 0.0638. The molecule has 1 fully saturated rings. The van der Waals surface area contributed by atoms with E-state index in [1.165, 1.54) is 5.56 Å². The molecule has 4 aromatic rings. The fraction of sp³-hybridized carbons (Fsp3) is 0.240. The van der Waals surface area contributed by atoms with Crippen LogP contribution < -0.4 is 5.32 Å². The summed E-state index contributed by atoms with van der Waals surface area (Å²) in [4.78, 5) is 20.6. The van der Waals surface area contributed by atoms with Crippen LogP contribution in [-0.2, 0) is 6.42 Å². The molecule has 0 bridgehead atoms. The van der Waals surface area contributed by atoms with E-state index in [2.05, 4.69) is 27.6 Å². The maximum absolute atomic E-state index is 13.9. The van der Waals surface area contributed by atoms with Gasteiger partial charge in [-0.1, -0.05) is 60.7 Å². The third-order valence-corrected chi connectivity index (χ3v) is 5.93. The van der Waals surface area contributed by atoms with Crippen molar-refractivity contribution < 1.29 is 4.79 Å². The van der Waals surface area contributed by atoms with Crippen LogP contribution in [0.5, 0.6) is 0 Å². The Labute approximate surface area is 181 Å². The number of carbonyl (C=O) groups excluding carboxylic acids is 1. The molecule has 0 spiro atoms. The fourth-order valence-electron chi connectivity index (χ4n) is 4.35. The van der Waals surface area contributed by atoms with Gasteiger partial charge in [0, 0.05) is 36.9 Å². The summed E-state index contributed by atoms with van der Waals surface area (Å²) in [6.07, 6.45) is 0.823. The van der Waals surface area contributed by atoms with E-state index in [9.17, 15) is 4.79 Å². The van der Waals surface area contributed by atoms with Crippen molar-refractivity contribution in [2.45, 2.75) is 19.4 Å². The molecule has 2 aromatic carbocycles. The summed E-state index contributed by atoms with van der Waals surface area (Å²) >= 11 is 0. The summed E-state index contributed by atoms with van der Waals surface area (Å²) in [6, 6.07) is 22.3. The predicted octanol–water partition coefficient (Wildman–Crippen LogP) is 3.59. The summed E-state index contributed by atoms with van der Waals surface area (Å²) in [5.74, 6) is 0.0384. The van der Waals surface area contributed by atoms with Crippen molar-refractivity contribution in [1.82, 2.24) is 25.4 Å². The van der Waals surface area contributed by atoms with Gasteiger partial charge in [-0.05, 0) is 25.0 Å². The molecule has 1 amide bonds. The standard InChI is InChI=1S/C25H25N5O/c1-17-23-21(15-22(27-24(23)29-28-17)19-10-6-3-7-11-19)25(31)30-13-12-26-16-20(30)14-18-8-4-2-5-9-18/h2-11,15,20,26H,12-14,16H2,1H3,(H,27,28,29)/t20-/m1/s1. The molecule has 0 saturated carbocycles. The topological polar surface area (TPSA) is 73.9 Å². The number of aryl methyl sites for hydroxylation is 1. The van der Waals surface area contributed by atoms with Crippen LogP contribution in [0.25, 0.3) is 22.3 Å². The van der Waals surface area contributed by atoms with Crippen molar-refractivity contribution in [3.05, 3.63) is 83.6 Å². The summed E-state index contributed by atoms with van der Waals surface area (Å²) in [6.45, 7) is 4.19. The number of benzene rings is 2. The van der Waals surface area contributed by atoms with Crippen molar-refractivity contribution in [2.24, 2.45) is 0 Å². The van der Waals surface area contributed by atoms with Crippen molar-refractivity contribution in [1.29, 1.82) is 0 Å². The number of nitrogens with one attached hydrogen (secondary N) is 2. The van der Waals surface area contributed by atoms with Crippen LogP contribution in [0.4, 0.5) is 0 Å². The predicted molar refractivity (Wildman–Crippen MR) is 122 cm³/mol. The molecule has 0 aliphatic carbocycles. The number of H-pyrrole nitrogens is 1. The largest absolute Gasteiger partial charge is 0.333 e. The Hall–Kier alpha value is -3.51. The zero-order chi connectivity index (χ0) is 21.2. The van der Waals surface area contributed by atoms with Gasteiger partial charge in [0.15, 0.2) is 5.65 Å². The minimum absolute atomic E-state index is 0.0384. The Kier molecular flexibility index (Phi) is 5.22. The van der Waals surface area contributed by atoms with Gasteiger partial charge in [0.2, 0.25) is 0 Å². The molecule has 0 unspecified atom stereocenters. The van der Waals surface area contributed by atoms with Gasteiger partial charge in [-0.25, -0.2) is 4.98 Å². The quantitative estimate of drug-likeness (QED) is 0.538. The highest BCUT2D eigenvalue weighted by Crippen LogP contribution is 2.27. The van der Waals surface area contributed by atoms with Gasteiger partial charge < -0.3 is 10.2 Å². The lowest BCUT2D eigenvalue weighted by Crippen LogP contribution is -2.54. The average molecular weight is 412 g/mol. The van der Waals surface area contributed by atoms with Crippen molar-refractivity contribution in [2.75, 3.05) is 19.6 Å². The van der Waals surface area contributed by atoms with E-state index in [0.29, 0.717) is 17.8 Å². The molecule has 1 aliphatic rings. The molecule has 31 heavy (non-hydrogen) atoms. The van der Waals surface area contributed by atoms with Crippen LogP contribution in [0.15, 0.2) is 66.7 Å². The number of nitrogens with zero attached hydrogens (tertiary/aromatic N) is 3. The van der Waals surface area contributed by atoms with Gasteiger partial charge in [-0.3, -0.25) is 9.89 Å². The van der Waals surface area contributed by atoms with E-state index in [0.717, 1.165) is 41.8 Å². The van der Waals surface area contributed by atoms with Gasteiger partial charge in [-0.15, -0.1) is 0 Å². The molecule has 2 aromatic heterocycles. The van der Waals surface area contributed by atoms with Gasteiger partial charge in [0.1, 0.15) is 0 Å².